The van der Waals surface area contributed by atoms with Gasteiger partial charge in [0.2, 0.25) is 0 Å². The van der Waals surface area contributed by atoms with Crippen LogP contribution in [0.15, 0.2) is 54.6 Å². The fourth-order valence-electron chi connectivity index (χ4n) is 2.84. The molecule has 8 heteroatoms. The minimum atomic E-state index is -1.14. The summed E-state index contributed by atoms with van der Waals surface area (Å²) in [7, 11) is 0. The number of hydrogen-bond donors (Lipinski definition) is 1. The van der Waals surface area contributed by atoms with Crippen molar-refractivity contribution in [3.05, 3.63) is 70.3 Å². The average molecular weight is 355 g/mol. The summed E-state index contributed by atoms with van der Waals surface area (Å²) < 4.78 is 5.42. The maximum Gasteiger partial charge on any atom is 0.325 e. The van der Waals surface area contributed by atoms with Gasteiger partial charge in [-0.1, -0.05) is 42.5 Å². The van der Waals surface area contributed by atoms with Crippen molar-refractivity contribution in [2.75, 3.05) is 13.2 Å². The lowest BCUT2D eigenvalue weighted by Crippen LogP contribution is -2.41. The van der Waals surface area contributed by atoms with Crippen LogP contribution in [0, 0.1) is 10.1 Å². The van der Waals surface area contributed by atoms with Crippen LogP contribution in [0.4, 0.5) is 10.5 Å². The van der Waals surface area contributed by atoms with E-state index in [0.717, 1.165) is 4.90 Å². The first-order chi connectivity index (χ1) is 12.4. The number of benzene rings is 2. The highest BCUT2D eigenvalue weighted by Crippen LogP contribution is 2.29. The molecule has 0 aromatic heterocycles. The first-order valence-corrected chi connectivity index (χ1v) is 7.99. The van der Waals surface area contributed by atoms with Gasteiger partial charge < -0.3 is 10.1 Å². The molecule has 0 spiro atoms. The van der Waals surface area contributed by atoms with Crippen molar-refractivity contribution in [3.63, 3.8) is 0 Å². The van der Waals surface area contributed by atoms with Crippen molar-refractivity contribution in [2.45, 2.75) is 12.5 Å². The Hall–Kier alpha value is -3.42. The molecule has 3 rings (SSSR count). The number of para-hydroxylation sites is 2. The number of nitro groups is 1. The summed E-state index contributed by atoms with van der Waals surface area (Å²) in [5, 5.41) is 13.7. The van der Waals surface area contributed by atoms with Gasteiger partial charge in [-0.05, 0) is 18.6 Å². The topological polar surface area (TPSA) is 102 Å². The van der Waals surface area contributed by atoms with Gasteiger partial charge in [-0.25, -0.2) is 4.79 Å². The number of nitrogens with one attached hydrogen (secondary N) is 1. The smallest absolute Gasteiger partial charge is 0.325 e. The normalized spacial score (nSPS) is 19.3. The third kappa shape index (κ3) is 3.08. The number of hydrogen-bond acceptors (Lipinski definition) is 5. The summed E-state index contributed by atoms with van der Waals surface area (Å²) >= 11 is 0. The second-order valence-electron chi connectivity index (χ2n) is 5.95. The van der Waals surface area contributed by atoms with Crippen molar-refractivity contribution < 1.29 is 19.2 Å². The van der Waals surface area contributed by atoms with E-state index < -0.39 is 16.5 Å². The molecule has 2 aromatic carbocycles. The number of urea groups is 1. The van der Waals surface area contributed by atoms with E-state index >= 15 is 0 Å². The van der Waals surface area contributed by atoms with E-state index in [2.05, 4.69) is 5.32 Å². The predicted octanol–water partition coefficient (Wildman–Crippen LogP) is 2.44. The van der Waals surface area contributed by atoms with E-state index in [-0.39, 0.29) is 30.5 Å². The van der Waals surface area contributed by atoms with Crippen molar-refractivity contribution in [1.82, 2.24) is 10.2 Å². The number of imide groups is 1. The Bertz CT molecular complexity index is 855. The molecule has 0 bridgehead atoms. The molecule has 0 saturated carbocycles. The van der Waals surface area contributed by atoms with Crippen LogP contribution < -0.4 is 10.1 Å². The van der Waals surface area contributed by atoms with Crippen LogP contribution in [0.3, 0.4) is 0 Å². The van der Waals surface area contributed by atoms with Crippen molar-refractivity contribution >= 4 is 17.6 Å². The quantitative estimate of drug-likeness (QED) is 0.487. The van der Waals surface area contributed by atoms with Crippen LogP contribution >= 0.6 is 0 Å². The van der Waals surface area contributed by atoms with E-state index in [1.165, 1.54) is 18.2 Å². The molecule has 0 aliphatic carbocycles. The number of amides is 3. The molecular weight excluding hydrogens is 338 g/mol. The molecule has 1 heterocycles. The van der Waals surface area contributed by atoms with Gasteiger partial charge in [0, 0.05) is 6.07 Å². The molecule has 26 heavy (non-hydrogen) atoms. The minimum absolute atomic E-state index is 0.0147. The van der Waals surface area contributed by atoms with Gasteiger partial charge >= 0.3 is 11.7 Å². The Labute approximate surface area is 149 Å². The molecule has 1 saturated heterocycles. The van der Waals surface area contributed by atoms with E-state index in [1.54, 1.807) is 37.3 Å². The highest BCUT2D eigenvalue weighted by Gasteiger charge is 2.48. The number of carbonyl (C=O) groups excluding carboxylic acids is 2. The van der Waals surface area contributed by atoms with Crippen LogP contribution in [-0.2, 0) is 10.3 Å². The van der Waals surface area contributed by atoms with E-state index in [4.69, 9.17) is 4.74 Å². The van der Waals surface area contributed by atoms with Crippen LogP contribution in [0.2, 0.25) is 0 Å². The van der Waals surface area contributed by atoms with Crippen molar-refractivity contribution in [1.29, 1.82) is 0 Å². The zero-order valence-corrected chi connectivity index (χ0v) is 14.0. The van der Waals surface area contributed by atoms with E-state index in [1.807, 2.05) is 6.07 Å². The Morgan fingerprint density at radius 2 is 1.77 bits per heavy atom. The number of nitrogens with zero attached hydrogens (tertiary/aromatic N) is 2. The monoisotopic (exact) mass is 355 g/mol. The standard InChI is InChI=1S/C18H17N3O5/c1-18(13-7-3-2-4-8-13)16(22)20(17(23)19-18)11-12-26-15-10-6-5-9-14(15)21(24)25/h2-10H,11-12H2,1H3,(H,19,23)/t18-/m0/s1. The molecule has 2 aromatic rings. The first kappa shape index (κ1) is 17.4. The van der Waals surface area contributed by atoms with Gasteiger partial charge in [0.05, 0.1) is 11.5 Å². The second-order valence-corrected chi connectivity index (χ2v) is 5.95. The minimum Gasteiger partial charge on any atom is -0.485 e. The molecule has 1 aliphatic rings. The predicted molar refractivity (Wildman–Crippen MR) is 92.6 cm³/mol. The van der Waals surface area contributed by atoms with Gasteiger partial charge in [-0.2, -0.15) is 0 Å². The highest BCUT2D eigenvalue weighted by molar-refractivity contribution is 6.07. The van der Waals surface area contributed by atoms with Gasteiger partial charge in [0.25, 0.3) is 5.91 Å². The van der Waals surface area contributed by atoms with Gasteiger partial charge in [-0.15, -0.1) is 0 Å². The third-order valence-electron chi connectivity index (χ3n) is 4.26. The van der Waals surface area contributed by atoms with Gasteiger partial charge in [-0.3, -0.25) is 19.8 Å². The molecule has 1 atom stereocenters. The molecule has 1 aliphatic heterocycles. The molecule has 3 amide bonds. The van der Waals surface area contributed by atoms with Crippen molar-refractivity contribution in [3.8, 4) is 5.75 Å². The van der Waals surface area contributed by atoms with Crippen LogP contribution in [0.25, 0.3) is 0 Å². The maximum absolute atomic E-state index is 12.7. The van der Waals surface area contributed by atoms with E-state index in [9.17, 15) is 19.7 Å². The molecule has 1 fully saturated rings. The van der Waals surface area contributed by atoms with Crippen LogP contribution in [-0.4, -0.2) is 34.9 Å². The lowest BCUT2D eigenvalue weighted by molar-refractivity contribution is -0.385. The molecule has 0 unspecified atom stereocenters. The number of ether oxygens (including phenoxy) is 1. The average Bonchev–Trinajstić information content (AvgIpc) is 2.86. The maximum atomic E-state index is 12.7. The van der Waals surface area contributed by atoms with E-state index in [0.29, 0.717) is 5.56 Å². The Balaban J connectivity index is 1.69. The SMILES string of the molecule is C[C@@]1(c2ccccc2)NC(=O)N(CCOc2ccccc2[N+](=O)[O-])C1=O. The molecular formula is C18H17N3O5. The van der Waals surface area contributed by atoms with Crippen molar-refractivity contribution in [2.24, 2.45) is 0 Å². The number of nitro benzene ring substituents is 1. The Morgan fingerprint density at radius 1 is 1.12 bits per heavy atom. The first-order valence-electron chi connectivity index (χ1n) is 7.99. The lowest BCUT2D eigenvalue weighted by atomic mass is 9.92. The largest absolute Gasteiger partial charge is 0.485 e. The molecule has 134 valence electrons. The molecule has 8 nitrogen and oxygen atoms in total. The highest BCUT2D eigenvalue weighted by atomic mass is 16.6. The Kier molecular flexibility index (Phi) is 4.57. The molecule has 1 N–H and O–H groups in total. The summed E-state index contributed by atoms with van der Waals surface area (Å²) in [6, 6.07) is 14.4. The lowest BCUT2D eigenvalue weighted by Gasteiger charge is -2.22. The third-order valence-corrected chi connectivity index (χ3v) is 4.26. The summed E-state index contributed by atoms with van der Waals surface area (Å²) in [6.45, 7) is 1.58. The fraction of sp³-hybridized carbons (Fsp3) is 0.222. The Morgan fingerprint density at radius 3 is 2.46 bits per heavy atom. The van der Waals surface area contributed by atoms with Crippen LogP contribution in [0.1, 0.15) is 12.5 Å². The zero-order valence-electron chi connectivity index (χ0n) is 14.0. The second kappa shape index (κ2) is 6.83. The summed E-state index contributed by atoms with van der Waals surface area (Å²) in [5.41, 5.74) is -0.629. The number of carbonyl (C=O) groups is 2. The van der Waals surface area contributed by atoms with Gasteiger partial charge in [0.1, 0.15) is 12.1 Å². The summed E-state index contributed by atoms with van der Waals surface area (Å²) in [6.07, 6.45) is 0. The summed E-state index contributed by atoms with van der Waals surface area (Å²) in [5.74, 6) is -0.296. The van der Waals surface area contributed by atoms with Crippen LogP contribution in [0.5, 0.6) is 5.75 Å². The number of rotatable bonds is 6. The fourth-order valence-corrected chi connectivity index (χ4v) is 2.84. The zero-order chi connectivity index (χ0) is 18.7. The van der Waals surface area contributed by atoms with Gasteiger partial charge in [0.15, 0.2) is 5.75 Å². The molecule has 0 radical (unpaired) electrons. The summed E-state index contributed by atoms with van der Waals surface area (Å²) in [4.78, 5) is 36.5.